The third-order valence-electron chi connectivity index (χ3n) is 5.00. The first kappa shape index (κ1) is 19.4. The maximum Gasteiger partial charge on any atom is 0.0914 e. The van der Waals surface area contributed by atoms with E-state index in [1.807, 2.05) is 30.3 Å². The molecule has 0 aliphatic heterocycles. The van der Waals surface area contributed by atoms with Crippen LogP contribution in [0.1, 0.15) is 24.2 Å². The predicted octanol–water partition coefficient (Wildman–Crippen LogP) is 5.06. The summed E-state index contributed by atoms with van der Waals surface area (Å²) in [6.07, 6.45) is -0.484. The molecule has 0 saturated carbocycles. The average molecular weight is 381 g/mol. The van der Waals surface area contributed by atoms with E-state index < -0.39 is 6.10 Å². The summed E-state index contributed by atoms with van der Waals surface area (Å²) >= 11 is 0. The third kappa shape index (κ3) is 3.86. The number of nitrogens with zero attached hydrogens (tertiary/aromatic N) is 1. The van der Waals surface area contributed by atoms with E-state index in [0.717, 1.165) is 18.7 Å². The zero-order chi connectivity index (χ0) is 17.9. The van der Waals surface area contributed by atoms with E-state index in [4.69, 9.17) is 0 Å². The number of benzene rings is 3. The SMILES string of the molecule is CCn1c2ccccc2c2cc(CNCC(O)c3ccccc3)ccc21.Cl. The highest BCUT2D eigenvalue weighted by molar-refractivity contribution is 6.08. The molecule has 27 heavy (non-hydrogen) atoms. The largest absolute Gasteiger partial charge is 0.387 e. The molecule has 4 rings (SSSR count). The van der Waals surface area contributed by atoms with Crippen LogP contribution >= 0.6 is 12.4 Å². The van der Waals surface area contributed by atoms with Crippen LogP contribution in [-0.4, -0.2) is 16.2 Å². The van der Waals surface area contributed by atoms with Crippen molar-refractivity contribution in [3.8, 4) is 0 Å². The predicted molar refractivity (Wildman–Crippen MR) is 115 cm³/mol. The van der Waals surface area contributed by atoms with Gasteiger partial charge in [0.15, 0.2) is 0 Å². The number of aryl methyl sites for hydroxylation is 1. The van der Waals surface area contributed by atoms with Gasteiger partial charge in [0.1, 0.15) is 0 Å². The molecule has 0 aliphatic rings. The van der Waals surface area contributed by atoms with E-state index in [1.54, 1.807) is 0 Å². The fraction of sp³-hybridized carbons (Fsp3) is 0.217. The molecule has 0 fully saturated rings. The molecule has 4 aromatic rings. The fourth-order valence-corrected chi connectivity index (χ4v) is 3.70. The highest BCUT2D eigenvalue weighted by atomic mass is 35.5. The highest BCUT2D eigenvalue weighted by Gasteiger charge is 2.10. The molecule has 1 unspecified atom stereocenters. The minimum Gasteiger partial charge on any atom is -0.387 e. The van der Waals surface area contributed by atoms with Crippen molar-refractivity contribution in [1.82, 2.24) is 9.88 Å². The van der Waals surface area contributed by atoms with E-state index in [-0.39, 0.29) is 12.4 Å². The van der Waals surface area contributed by atoms with Gasteiger partial charge in [-0.25, -0.2) is 0 Å². The van der Waals surface area contributed by atoms with Crippen molar-refractivity contribution >= 4 is 34.2 Å². The van der Waals surface area contributed by atoms with Crippen LogP contribution in [0.3, 0.4) is 0 Å². The van der Waals surface area contributed by atoms with Crippen molar-refractivity contribution < 1.29 is 5.11 Å². The molecule has 0 saturated heterocycles. The molecule has 0 amide bonds. The van der Waals surface area contributed by atoms with Crippen molar-refractivity contribution in [2.45, 2.75) is 26.1 Å². The van der Waals surface area contributed by atoms with Gasteiger partial charge in [-0.3, -0.25) is 0 Å². The van der Waals surface area contributed by atoms with E-state index in [0.29, 0.717) is 6.54 Å². The van der Waals surface area contributed by atoms with Crippen molar-refractivity contribution in [2.24, 2.45) is 0 Å². The topological polar surface area (TPSA) is 37.2 Å². The molecule has 0 spiro atoms. The Kier molecular flexibility index (Phi) is 6.17. The van der Waals surface area contributed by atoms with Gasteiger partial charge in [-0.05, 0) is 36.2 Å². The number of fused-ring (bicyclic) bond motifs is 3. The van der Waals surface area contributed by atoms with Crippen LogP contribution in [0.4, 0.5) is 0 Å². The molecule has 0 bridgehead atoms. The van der Waals surface area contributed by atoms with Gasteiger partial charge in [0.25, 0.3) is 0 Å². The standard InChI is InChI=1S/C23H24N2O.ClH/c1-2-25-21-11-7-6-10-19(21)20-14-17(12-13-22(20)25)15-24-16-23(26)18-8-4-3-5-9-18;/h3-14,23-24,26H,2,15-16H2,1H3;1H. The number of aliphatic hydroxyl groups is 1. The number of aromatic nitrogens is 1. The fourth-order valence-electron chi connectivity index (χ4n) is 3.70. The Labute approximate surface area is 166 Å². The molecule has 4 heteroatoms. The molecule has 3 aromatic carbocycles. The Bertz CT molecular complexity index is 1030. The lowest BCUT2D eigenvalue weighted by molar-refractivity contribution is 0.174. The summed E-state index contributed by atoms with van der Waals surface area (Å²) in [5, 5.41) is 16.3. The molecule has 2 N–H and O–H groups in total. The van der Waals surface area contributed by atoms with Crippen LogP contribution in [-0.2, 0) is 13.1 Å². The second-order valence-corrected chi connectivity index (χ2v) is 6.67. The monoisotopic (exact) mass is 380 g/mol. The van der Waals surface area contributed by atoms with E-state index in [1.165, 1.54) is 27.4 Å². The number of halogens is 1. The summed E-state index contributed by atoms with van der Waals surface area (Å²) in [5.74, 6) is 0. The van der Waals surface area contributed by atoms with Gasteiger partial charge in [0.2, 0.25) is 0 Å². The molecule has 1 atom stereocenters. The van der Waals surface area contributed by atoms with Gasteiger partial charge in [-0.1, -0.05) is 54.6 Å². The van der Waals surface area contributed by atoms with Crippen LogP contribution in [0.2, 0.25) is 0 Å². The zero-order valence-electron chi connectivity index (χ0n) is 15.4. The normalized spacial score (nSPS) is 12.2. The Morgan fingerprint density at radius 3 is 2.37 bits per heavy atom. The first-order chi connectivity index (χ1) is 12.8. The molecule has 1 heterocycles. The molecule has 1 aromatic heterocycles. The minimum absolute atomic E-state index is 0. The Morgan fingerprint density at radius 2 is 1.59 bits per heavy atom. The summed E-state index contributed by atoms with van der Waals surface area (Å²) in [6, 6.07) is 25.0. The number of hydrogen-bond acceptors (Lipinski definition) is 2. The Hall–Kier alpha value is -2.33. The third-order valence-corrected chi connectivity index (χ3v) is 5.00. The first-order valence-electron chi connectivity index (χ1n) is 9.21. The van der Waals surface area contributed by atoms with E-state index in [9.17, 15) is 5.11 Å². The number of nitrogens with one attached hydrogen (secondary N) is 1. The molecule has 0 radical (unpaired) electrons. The lowest BCUT2D eigenvalue weighted by Crippen LogP contribution is -2.21. The average Bonchev–Trinajstić information content (AvgIpc) is 3.01. The van der Waals surface area contributed by atoms with E-state index >= 15 is 0 Å². The van der Waals surface area contributed by atoms with Crippen LogP contribution < -0.4 is 5.32 Å². The molecule has 3 nitrogen and oxygen atoms in total. The highest BCUT2D eigenvalue weighted by Crippen LogP contribution is 2.29. The smallest absolute Gasteiger partial charge is 0.0914 e. The minimum atomic E-state index is -0.484. The number of rotatable bonds is 6. The van der Waals surface area contributed by atoms with Crippen molar-refractivity contribution in [3.05, 3.63) is 83.9 Å². The summed E-state index contributed by atoms with van der Waals surface area (Å²) < 4.78 is 2.36. The van der Waals surface area contributed by atoms with Crippen molar-refractivity contribution in [2.75, 3.05) is 6.54 Å². The molecular formula is C23H25ClN2O. The second kappa shape index (κ2) is 8.57. The van der Waals surface area contributed by atoms with E-state index in [2.05, 4.69) is 59.3 Å². The lowest BCUT2D eigenvalue weighted by atomic mass is 10.1. The van der Waals surface area contributed by atoms with Gasteiger partial charge in [-0.15, -0.1) is 12.4 Å². The quantitative estimate of drug-likeness (QED) is 0.490. The maximum absolute atomic E-state index is 10.3. The second-order valence-electron chi connectivity index (χ2n) is 6.67. The van der Waals surface area contributed by atoms with Gasteiger partial charge in [0, 0.05) is 41.4 Å². The summed E-state index contributed by atoms with van der Waals surface area (Å²) in [7, 11) is 0. The number of hydrogen-bond donors (Lipinski definition) is 2. The van der Waals surface area contributed by atoms with Gasteiger partial charge < -0.3 is 15.0 Å². The van der Waals surface area contributed by atoms with Gasteiger partial charge >= 0.3 is 0 Å². The molecule has 0 aliphatic carbocycles. The van der Waals surface area contributed by atoms with Crippen molar-refractivity contribution in [1.29, 1.82) is 0 Å². The van der Waals surface area contributed by atoms with Crippen molar-refractivity contribution in [3.63, 3.8) is 0 Å². The van der Waals surface area contributed by atoms with Crippen LogP contribution in [0.15, 0.2) is 72.8 Å². The number of para-hydroxylation sites is 1. The summed E-state index contributed by atoms with van der Waals surface area (Å²) in [6.45, 7) is 4.43. The lowest BCUT2D eigenvalue weighted by Gasteiger charge is -2.12. The zero-order valence-corrected chi connectivity index (χ0v) is 16.2. The molecular weight excluding hydrogens is 356 g/mol. The summed E-state index contributed by atoms with van der Waals surface area (Å²) in [5.41, 5.74) is 4.75. The van der Waals surface area contributed by atoms with Crippen LogP contribution in [0.5, 0.6) is 0 Å². The number of aliphatic hydroxyl groups excluding tert-OH is 1. The Morgan fingerprint density at radius 1 is 0.889 bits per heavy atom. The summed E-state index contributed by atoms with van der Waals surface area (Å²) in [4.78, 5) is 0. The first-order valence-corrected chi connectivity index (χ1v) is 9.21. The van der Waals surface area contributed by atoms with Crippen LogP contribution in [0.25, 0.3) is 21.8 Å². The van der Waals surface area contributed by atoms with Gasteiger partial charge in [0.05, 0.1) is 6.10 Å². The molecule has 140 valence electrons. The van der Waals surface area contributed by atoms with Gasteiger partial charge in [-0.2, -0.15) is 0 Å². The Balaban J connectivity index is 0.00000210. The maximum atomic E-state index is 10.3. The van der Waals surface area contributed by atoms with Crippen LogP contribution in [0, 0.1) is 0 Å².